The van der Waals surface area contributed by atoms with Crippen LogP contribution in [-0.4, -0.2) is 17.8 Å². The lowest BCUT2D eigenvalue weighted by atomic mass is 10.8. The van der Waals surface area contributed by atoms with E-state index in [1.165, 1.54) is 0 Å². The summed E-state index contributed by atoms with van der Waals surface area (Å²) < 4.78 is 0. The number of hydrogen-bond donors (Lipinski definition) is 0. The zero-order valence-corrected chi connectivity index (χ0v) is 5.59. The topological polar surface area (TPSA) is 12.4 Å². The molecule has 1 radical (unpaired) electrons. The minimum atomic E-state index is 0.854. The molecule has 0 N–H and O–H groups in total. The van der Waals surface area contributed by atoms with Crippen LogP contribution >= 0.6 is 11.8 Å². The molecular formula is C5H10NS. The third-order valence-corrected chi connectivity index (χ3v) is 0.978. The first kappa shape index (κ1) is 7.02. The average molecular weight is 116 g/mol. The maximum atomic E-state index is 3.87. The summed E-state index contributed by atoms with van der Waals surface area (Å²) in [7, 11) is 0. The molecule has 1 nitrogen and oxygen atoms in total. The Bertz CT molecular complexity index is 52.0. The van der Waals surface area contributed by atoms with Crippen LogP contribution in [0.3, 0.4) is 0 Å². The molecule has 41 valence electrons. The van der Waals surface area contributed by atoms with Crippen molar-refractivity contribution >= 4 is 17.3 Å². The van der Waals surface area contributed by atoms with E-state index in [1.807, 2.05) is 6.92 Å². The van der Waals surface area contributed by atoms with Gasteiger partial charge in [0.15, 0.2) is 0 Å². The van der Waals surface area contributed by atoms with E-state index in [0.717, 1.165) is 12.3 Å². The largest absolute Gasteiger partial charge is 0.276 e. The summed E-state index contributed by atoms with van der Waals surface area (Å²) in [4.78, 5) is 3.87. The predicted octanol–water partition coefficient (Wildman–Crippen LogP) is 1.66. The van der Waals surface area contributed by atoms with Crippen molar-refractivity contribution in [3.63, 3.8) is 0 Å². The summed E-state index contributed by atoms with van der Waals surface area (Å²) in [5.41, 5.74) is 2.83. The lowest BCUT2D eigenvalue weighted by Gasteiger charge is -1.78. The number of aliphatic imine (C=N–C) groups is 1. The van der Waals surface area contributed by atoms with Crippen LogP contribution in [0.5, 0.6) is 0 Å². The molecule has 2 heteroatoms. The monoisotopic (exact) mass is 116 g/mol. The van der Waals surface area contributed by atoms with Crippen molar-refractivity contribution in [1.82, 2.24) is 0 Å². The molecule has 0 atom stereocenters. The molecule has 0 bridgehead atoms. The van der Waals surface area contributed by atoms with E-state index < -0.39 is 0 Å². The van der Waals surface area contributed by atoms with E-state index in [-0.39, 0.29) is 0 Å². The molecular weight excluding hydrogens is 106 g/mol. The second-order valence-corrected chi connectivity index (χ2v) is 2.05. The summed E-state index contributed by atoms with van der Waals surface area (Å²) in [5, 5.41) is 0. The van der Waals surface area contributed by atoms with E-state index >= 15 is 0 Å². The summed E-state index contributed by atoms with van der Waals surface area (Å²) in [6.45, 7) is 4.94. The van der Waals surface area contributed by atoms with Crippen LogP contribution in [0.2, 0.25) is 0 Å². The fraction of sp³-hybridized carbons (Fsp3) is 0.800. The molecule has 0 aromatic rings. The Balaban J connectivity index is 2.78. The van der Waals surface area contributed by atoms with Crippen LogP contribution in [0.15, 0.2) is 4.99 Å². The number of rotatable bonds is 3. The van der Waals surface area contributed by atoms with Gasteiger partial charge in [-0.05, 0) is 12.7 Å². The second kappa shape index (κ2) is 6.02. The summed E-state index contributed by atoms with van der Waals surface area (Å²) in [6, 6.07) is 0. The normalized spacial score (nSPS) is 10.6. The van der Waals surface area contributed by atoms with Crippen LogP contribution in [0.25, 0.3) is 0 Å². The first-order chi connectivity index (χ1) is 3.41. The van der Waals surface area contributed by atoms with Crippen LogP contribution in [0.1, 0.15) is 13.8 Å². The standard InChI is InChI=1S/C5H10NS/c1-3-6-5-7-4-2/h3-4H2,1-2H3. The molecule has 0 amide bonds. The van der Waals surface area contributed by atoms with Gasteiger partial charge in [-0.1, -0.05) is 6.92 Å². The van der Waals surface area contributed by atoms with E-state index in [0.29, 0.717) is 0 Å². The summed E-state index contributed by atoms with van der Waals surface area (Å²) in [6.07, 6.45) is 0. The highest BCUT2D eigenvalue weighted by Gasteiger charge is 1.70. The fourth-order valence-corrected chi connectivity index (χ4v) is 0.524. The first-order valence-corrected chi connectivity index (χ1v) is 3.43. The maximum absolute atomic E-state index is 3.87. The molecule has 0 spiro atoms. The van der Waals surface area contributed by atoms with Crippen LogP contribution < -0.4 is 0 Å². The average Bonchev–Trinajstić information content (AvgIpc) is 1.69. The molecule has 0 rings (SSSR count). The zero-order valence-electron chi connectivity index (χ0n) is 4.77. The van der Waals surface area contributed by atoms with Crippen LogP contribution in [0.4, 0.5) is 0 Å². The molecule has 0 aromatic heterocycles. The quantitative estimate of drug-likeness (QED) is 0.403. The minimum absolute atomic E-state index is 0.854. The SMILES string of the molecule is CCN=[C]SCC. The van der Waals surface area contributed by atoms with E-state index in [2.05, 4.69) is 17.5 Å². The molecule has 0 unspecified atom stereocenters. The van der Waals surface area contributed by atoms with Crippen LogP contribution in [-0.2, 0) is 0 Å². The van der Waals surface area contributed by atoms with Gasteiger partial charge in [0.25, 0.3) is 0 Å². The number of nitrogens with zero attached hydrogens (tertiary/aromatic N) is 1. The van der Waals surface area contributed by atoms with Crippen LogP contribution in [0, 0.1) is 0 Å². The van der Waals surface area contributed by atoms with Crippen molar-refractivity contribution in [2.75, 3.05) is 12.3 Å². The van der Waals surface area contributed by atoms with Gasteiger partial charge in [0.1, 0.15) is 5.55 Å². The van der Waals surface area contributed by atoms with Gasteiger partial charge >= 0.3 is 0 Å². The Labute approximate surface area is 49.2 Å². The van der Waals surface area contributed by atoms with Gasteiger partial charge in [-0.15, -0.1) is 11.8 Å². The third-order valence-electron chi connectivity index (χ3n) is 0.432. The highest BCUT2D eigenvalue weighted by molar-refractivity contribution is 8.12. The van der Waals surface area contributed by atoms with Crippen molar-refractivity contribution in [3.8, 4) is 0 Å². The molecule has 0 aliphatic rings. The minimum Gasteiger partial charge on any atom is -0.276 e. The molecule has 0 aliphatic heterocycles. The first-order valence-electron chi connectivity index (χ1n) is 2.45. The van der Waals surface area contributed by atoms with Gasteiger partial charge < -0.3 is 0 Å². The molecule has 0 heterocycles. The van der Waals surface area contributed by atoms with Gasteiger partial charge in [-0.3, -0.25) is 4.99 Å². The van der Waals surface area contributed by atoms with Gasteiger partial charge in [0.05, 0.1) is 0 Å². The lowest BCUT2D eigenvalue weighted by molar-refractivity contribution is 1.15. The molecule has 0 fully saturated rings. The van der Waals surface area contributed by atoms with Gasteiger partial charge in [-0.2, -0.15) is 0 Å². The number of thioether (sulfide) groups is 1. The summed E-state index contributed by atoms with van der Waals surface area (Å²) >= 11 is 1.62. The Morgan fingerprint density at radius 3 is 2.71 bits per heavy atom. The van der Waals surface area contributed by atoms with Gasteiger partial charge in [0, 0.05) is 6.54 Å². The molecule has 0 saturated heterocycles. The van der Waals surface area contributed by atoms with E-state index in [4.69, 9.17) is 0 Å². The second-order valence-electron chi connectivity index (χ2n) is 0.999. The highest BCUT2D eigenvalue weighted by atomic mass is 32.2. The molecule has 0 aliphatic carbocycles. The number of hydrogen-bond acceptors (Lipinski definition) is 2. The Kier molecular flexibility index (Phi) is 6.04. The fourth-order valence-electron chi connectivity index (χ4n) is 0.175. The van der Waals surface area contributed by atoms with Crippen molar-refractivity contribution < 1.29 is 0 Å². The van der Waals surface area contributed by atoms with Gasteiger partial charge in [-0.25, -0.2) is 0 Å². The van der Waals surface area contributed by atoms with E-state index in [9.17, 15) is 0 Å². The Morgan fingerprint density at radius 1 is 1.57 bits per heavy atom. The predicted molar refractivity (Wildman–Crippen MR) is 36.1 cm³/mol. The maximum Gasteiger partial charge on any atom is 0.122 e. The molecule has 0 aromatic carbocycles. The highest BCUT2D eigenvalue weighted by Crippen LogP contribution is 1.90. The van der Waals surface area contributed by atoms with Crippen molar-refractivity contribution in [2.24, 2.45) is 4.99 Å². The zero-order chi connectivity index (χ0) is 5.54. The molecule has 7 heavy (non-hydrogen) atoms. The third kappa shape index (κ3) is 6.02. The van der Waals surface area contributed by atoms with Crippen molar-refractivity contribution in [3.05, 3.63) is 0 Å². The Morgan fingerprint density at radius 2 is 2.29 bits per heavy atom. The lowest BCUT2D eigenvalue weighted by Crippen LogP contribution is -1.69. The summed E-state index contributed by atoms with van der Waals surface area (Å²) in [5.74, 6) is 1.07. The van der Waals surface area contributed by atoms with Gasteiger partial charge in [0.2, 0.25) is 0 Å². The van der Waals surface area contributed by atoms with E-state index in [1.54, 1.807) is 11.8 Å². The van der Waals surface area contributed by atoms with Crippen molar-refractivity contribution in [1.29, 1.82) is 0 Å². The Hall–Kier alpha value is 0.0200. The smallest absolute Gasteiger partial charge is 0.122 e. The molecule has 0 saturated carbocycles. The van der Waals surface area contributed by atoms with Crippen molar-refractivity contribution in [2.45, 2.75) is 13.8 Å².